The second-order valence-electron chi connectivity index (χ2n) is 8.07. The number of benzene rings is 2. The van der Waals surface area contributed by atoms with Gasteiger partial charge in [-0.3, -0.25) is 4.79 Å². The Morgan fingerprint density at radius 3 is 2.82 bits per heavy atom. The van der Waals surface area contributed by atoms with Gasteiger partial charge >= 0.3 is 0 Å². The molecule has 1 aliphatic heterocycles. The Morgan fingerprint density at radius 2 is 2.03 bits per heavy atom. The Hall–Kier alpha value is -2.27. The summed E-state index contributed by atoms with van der Waals surface area (Å²) in [6, 6.07) is 16.4. The largest absolute Gasteiger partial charge is 0.353 e. The van der Waals surface area contributed by atoms with Crippen LogP contribution in [0.1, 0.15) is 35.7 Å². The van der Waals surface area contributed by atoms with Crippen molar-refractivity contribution >= 4 is 44.2 Å². The highest BCUT2D eigenvalue weighted by Gasteiger charge is 2.29. The van der Waals surface area contributed by atoms with Crippen molar-refractivity contribution in [1.82, 2.24) is 13.7 Å². The van der Waals surface area contributed by atoms with E-state index in [2.05, 4.69) is 33.7 Å². The van der Waals surface area contributed by atoms with Gasteiger partial charge < -0.3 is 5.32 Å². The van der Waals surface area contributed by atoms with E-state index in [4.69, 9.17) is 0 Å². The van der Waals surface area contributed by atoms with Gasteiger partial charge in [-0.2, -0.15) is 13.7 Å². The van der Waals surface area contributed by atoms with Crippen LogP contribution in [0.5, 0.6) is 0 Å². The number of nitrogens with zero attached hydrogens (tertiary/aromatic N) is 3. The first-order chi connectivity index (χ1) is 15.9. The maximum absolute atomic E-state index is 13.0. The molecule has 33 heavy (non-hydrogen) atoms. The Labute approximate surface area is 202 Å². The number of sulfonamides is 1. The highest BCUT2D eigenvalue weighted by Crippen LogP contribution is 2.25. The molecule has 1 aromatic heterocycles. The van der Waals surface area contributed by atoms with Gasteiger partial charge in [-0.1, -0.05) is 61.2 Å². The van der Waals surface area contributed by atoms with Crippen LogP contribution in [-0.4, -0.2) is 47.5 Å². The first-order valence-corrected chi connectivity index (χ1v) is 14.0. The number of nitrogens with one attached hydrogen (secondary N) is 1. The zero-order valence-electron chi connectivity index (χ0n) is 18.3. The van der Waals surface area contributed by atoms with Gasteiger partial charge in [0, 0.05) is 35.9 Å². The van der Waals surface area contributed by atoms with Gasteiger partial charge in [0.2, 0.25) is 20.3 Å². The molecule has 1 unspecified atom stereocenters. The van der Waals surface area contributed by atoms with Gasteiger partial charge in [0.1, 0.15) is 0 Å². The number of Topliss-reactive ketones (excluding diaryl/α,β-unsaturated/α-hetero) is 1. The molecule has 0 saturated carbocycles. The first kappa shape index (κ1) is 23.9. The minimum Gasteiger partial charge on any atom is -0.353 e. The lowest BCUT2D eigenvalue weighted by Crippen LogP contribution is -2.39. The van der Waals surface area contributed by atoms with Crippen molar-refractivity contribution in [2.75, 3.05) is 25.0 Å². The first-order valence-electron chi connectivity index (χ1n) is 10.8. The predicted octanol–water partition coefficient (Wildman–Crippen LogP) is 4.55. The molecule has 3 aromatic rings. The third-order valence-corrected chi connectivity index (χ3v) is 9.00. The number of carbonyl (C=O) groups excluding carboxylic acids is 1. The molecule has 1 aliphatic rings. The van der Waals surface area contributed by atoms with Gasteiger partial charge in [0.25, 0.3) is 0 Å². The average molecular weight is 503 g/mol. The van der Waals surface area contributed by atoms with Crippen molar-refractivity contribution in [3.8, 4) is 0 Å². The summed E-state index contributed by atoms with van der Waals surface area (Å²) >= 11 is 2.74. The Balaban J connectivity index is 1.35. The summed E-state index contributed by atoms with van der Waals surface area (Å²) in [7, 11) is -3.61. The van der Waals surface area contributed by atoms with Gasteiger partial charge in [0.15, 0.2) is 5.78 Å². The summed E-state index contributed by atoms with van der Waals surface area (Å²) in [5.41, 5.74) is 1.55. The molecule has 1 fully saturated rings. The molecule has 4 rings (SSSR count). The lowest BCUT2D eigenvalue weighted by Gasteiger charge is -2.30. The van der Waals surface area contributed by atoms with E-state index in [-0.39, 0.29) is 17.2 Å². The standard InChI is InChI=1S/C23H26N4O3S3/c1-17-7-6-12-27(15-17)33(29,30)20-11-5-10-19(13-20)21(28)14-24-22-25-23(26-32-22)31-16-18-8-3-2-4-9-18/h2-5,8-11,13,17H,6-7,12,14-16H2,1H3,(H,24,25,26). The van der Waals surface area contributed by atoms with Crippen LogP contribution in [0.4, 0.5) is 5.13 Å². The minimum absolute atomic E-state index is 0.0161. The molecular weight excluding hydrogens is 476 g/mol. The summed E-state index contributed by atoms with van der Waals surface area (Å²) in [6.45, 7) is 3.12. The molecule has 1 saturated heterocycles. The molecule has 0 amide bonds. The fourth-order valence-corrected chi connectivity index (χ4v) is 6.80. The van der Waals surface area contributed by atoms with Gasteiger partial charge in [0.05, 0.1) is 11.4 Å². The Bertz CT molecular complexity index is 1200. The van der Waals surface area contributed by atoms with Crippen LogP contribution in [0.15, 0.2) is 64.6 Å². The van der Waals surface area contributed by atoms with E-state index in [1.807, 2.05) is 18.2 Å². The Morgan fingerprint density at radius 1 is 1.21 bits per heavy atom. The molecule has 174 valence electrons. The van der Waals surface area contributed by atoms with Crippen molar-refractivity contribution in [3.05, 3.63) is 65.7 Å². The maximum atomic E-state index is 13.0. The number of aromatic nitrogens is 2. The topological polar surface area (TPSA) is 92.3 Å². The molecule has 0 bridgehead atoms. The lowest BCUT2D eigenvalue weighted by atomic mass is 10.0. The Kier molecular flexibility index (Phi) is 7.79. The maximum Gasteiger partial charge on any atom is 0.243 e. The van der Waals surface area contributed by atoms with E-state index < -0.39 is 10.0 Å². The van der Waals surface area contributed by atoms with Crippen LogP contribution < -0.4 is 5.32 Å². The van der Waals surface area contributed by atoms with Gasteiger partial charge in [-0.15, -0.1) is 0 Å². The summed E-state index contributed by atoms with van der Waals surface area (Å²) < 4.78 is 31.9. The molecule has 0 spiro atoms. The van der Waals surface area contributed by atoms with Crippen molar-refractivity contribution in [3.63, 3.8) is 0 Å². The van der Waals surface area contributed by atoms with Crippen molar-refractivity contribution in [1.29, 1.82) is 0 Å². The van der Waals surface area contributed by atoms with Crippen LogP contribution in [-0.2, 0) is 15.8 Å². The fourth-order valence-electron chi connectivity index (χ4n) is 3.66. The van der Waals surface area contributed by atoms with E-state index in [1.54, 1.807) is 18.2 Å². The second kappa shape index (κ2) is 10.8. The summed E-state index contributed by atoms with van der Waals surface area (Å²) in [4.78, 5) is 17.3. The van der Waals surface area contributed by atoms with Crippen LogP contribution in [0.2, 0.25) is 0 Å². The quantitative estimate of drug-likeness (QED) is 0.339. The second-order valence-corrected chi connectivity index (χ2v) is 11.7. The highest BCUT2D eigenvalue weighted by atomic mass is 32.2. The van der Waals surface area contributed by atoms with E-state index in [0.29, 0.717) is 34.9 Å². The van der Waals surface area contributed by atoms with E-state index in [1.165, 1.54) is 39.2 Å². The minimum atomic E-state index is -3.61. The number of hydrogen-bond donors (Lipinski definition) is 1. The predicted molar refractivity (Wildman–Crippen MR) is 132 cm³/mol. The molecule has 1 N–H and O–H groups in total. The van der Waals surface area contributed by atoms with Crippen LogP contribution >= 0.6 is 23.3 Å². The normalized spacial score (nSPS) is 17.1. The van der Waals surface area contributed by atoms with E-state index in [0.717, 1.165) is 18.6 Å². The van der Waals surface area contributed by atoms with Crippen LogP contribution in [0.25, 0.3) is 0 Å². The van der Waals surface area contributed by atoms with Crippen LogP contribution in [0, 0.1) is 5.92 Å². The highest BCUT2D eigenvalue weighted by molar-refractivity contribution is 7.98. The number of hydrogen-bond acceptors (Lipinski definition) is 8. The molecule has 7 nitrogen and oxygen atoms in total. The van der Waals surface area contributed by atoms with Gasteiger partial charge in [-0.25, -0.2) is 8.42 Å². The van der Waals surface area contributed by atoms with Crippen molar-refractivity contribution < 1.29 is 13.2 Å². The smallest absolute Gasteiger partial charge is 0.243 e. The third-order valence-electron chi connectivity index (χ3n) is 5.43. The number of ketones is 1. The molecule has 0 radical (unpaired) electrons. The molecule has 1 atom stereocenters. The SMILES string of the molecule is CC1CCCN(S(=O)(=O)c2cccc(C(=O)CNc3nc(SCc4ccccc4)ns3)c2)C1. The average Bonchev–Trinajstić information content (AvgIpc) is 3.30. The summed E-state index contributed by atoms with van der Waals surface area (Å²) in [6.07, 6.45) is 1.89. The number of anilines is 1. The summed E-state index contributed by atoms with van der Waals surface area (Å²) in [5, 5.41) is 4.23. The fraction of sp³-hybridized carbons (Fsp3) is 0.348. The van der Waals surface area contributed by atoms with E-state index in [9.17, 15) is 13.2 Å². The molecule has 10 heteroatoms. The molecular formula is C23H26N4O3S3. The molecule has 2 heterocycles. The lowest BCUT2D eigenvalue weighted by molar-refractivity contribution is 0.101. The number of carbonyl (C=O) groups is 1. The van der Waals surface area contributed by atoms with Gasteiger partial charge in [-0.05, 0) is 36.5 Å². The third kappa shape index (κ3) is 6.20. The number of piperidine rings is 1. The monoisotopic (exact) mass is 502 g/mol. The zero-order valence-corrected chi connectivity index (χ0v) is 20.8. The molecule has 0 aliphatic carbocycles. The number of thioether (sulfide) groups is 1. The summed E-state index contributed by atoms with van der Waals surface area (Å²) in [5.74, 6) is 0.908. The molecule has 2 aromatic carbocycles. The van der Waals surface area contributed by atoms with Crippen molar-refractivity contribution in [2.24, 2.45) is 5.92 Å². The zero-order chi connectivity index (χ0) is 23.3. The number of rotatable bonds is 9. The van der Waals surface area contributed by atoms with E-state index >= 15 is 0 Å². The van der Waals surface area contributed by atoms with Crippen LogP contribution in [0.3, 0.4) is 0 Å². The van der Waals surface area contributed by atoms with Crippen molar-refractivity contribution in [2.45, 2.75) is 35.6 Å².